The van der Waals surface area contributed by atoms with Gasteiger partial charge < -0.3 is 9.72 Å². The van der Waals surface area contributed by atoms with Gasteiger partial charge >= 0.3 is 5.97 Å². The largest absolute Gasteiger partial charge is 0.424 e. The Morgan fingerprint density at radius 1 is 1.17 bits per heavy atom. The van der Waals surface area contributed by atoms with E-state index in [1.54, 1.807) is 32.9 Å². The molecule has 0 atom stereocenters. The van der Waals surface area contributed by atoms with Gasteiger partial charge in [-0.05, 0) is 45.0 Å². The van der Waals surface area contributed by atoms with Gasteiger partial charge in [0.25, 0.3) is 0 Å². The Hall–Kier alpha value is -2.04. The Kier molecular flexibility index (Phi) is 4.28. The van der Waals surface area contributed by atoms with Crippen LogP contribution in [0.25, 0.3) is 22.4 Å². The van der Waals surface area contributed by atoms with Crippen LogP contribution in [0, 0.1) is 5.41 Å². The summed E-state index contributed by atoms with van der Waals surface area (Å²) >= 11 is 12.4. The zero-order valence-corrected chi connectivity index (χ0v) is 15.0. The molecule has 0 amide bonds. The van der Waals surface area contributed by atoms with Crippen molar-refractivity contribution in [1.82, 2.24) is 9.97 Å². The first kappa shape index (κ1) is 16.8. The summed E-state index contributed by atoms with van der Waals surface area (Å²) in [7, 11) is 0. The van der Waals surface area contributed by atoms with Gasteiger partial charge in [0, 0.05) is 5.02 Å². The summed E-state index contributed by atoms with van der Waals surface area (Å²) in [6.07, 6.45) is 0. The Balaban J connectivity index is 2.14. The van der Waals surface area contributed by atoms with Crippen LogP contribution in [-0.4, -0.2) is 15.9 Å². The third-order valence-electron chi connectivity index (χ3n) is 3.46. The number of hydrogen-bond donors (Lipinski definition) is 1. The van der Waals surface area contributed by atoms with E-state index in [2.05, 4.69) is 9.97 Å². The van der Waals surface area contributed by atoms with Crippen LogP contribution in [-0.2, 0) is 4.79 Å². The van der Waals surface area contributed by atoms with Gasteiger partial charge in [-0.15, -0.1) is 0 Å². The summed E-state index contributed by atoms with van der Waals surface area (Å²) in [6, 6.07) is 10.8. The zero-order valence-electron chi connectivity index (χ0n) is 13.5. The van der Waals surface area contributed by atoms with Crippen molar-refractivity contribution in [3.8, 4) is 17.1 Å². The van der Waals surface area contributed by atoms with E-state index < -0.39 is 5.41 Å². The van der Waals surface area contributed by atoms with Gasteiger partial charge in [-0.2, -0.15) is 0 Å². The van der Waals surface area contributed by atoms with E-state index in [-0.39, 0.29) is 16.7 Å². The van der Waals surface area contributed by atoms with Gasteiger partial charge in [-0.1, -0.05) is 35.3 Å². The smallest absolute Gasteiger partial charge is 0.316 e. The van der Waals surface area contributed by atoms with E-state index in [9.17, 15) is 4.79 Å². The topological polar surface area (TPSA) is 55.0 Å². The van der Waals surface area contributed by atoms with Crippen molar-refractivity contribution in [1.29, 1.82) is 0 Å². The van der Waals surface area contributed by atoms with Crippen LogP contribution in [0.5, 0.6) is 5.75 Å². The molecule has 0 spiro atoms. The molecule has 4 nitrogen and oxygen atoms in total. The number of carbonyl (C=O) groups is 1. The van der Waals surface area contributed by atoms with Crippen molar-refractivity contribution in [2.45, 2.75) is 20.8 Å². The highest BCUT2D eigenvalue weighted by atomic mass is 35.5. The number of halogens is 2. The summed E-state index contributed by atoms with van der Waals surface area (Å²) in [4.78, 5) is 20.0. The zero-order chi connectivity index (χ0) is 17.5. The second-order valence-corrected chi connectivity index (χ2v) is 7.35. The number of hydrogen-bond acceptors (Lipinski definition) is 3. The Bertz CT molecular complexity index is 893. The minimum Gasteiger partial charge on any atom is -0.424 e. The molecular weight excluding hydrogens is 347 g/mol. The fraction of sp³-hybridized carbons (Fsp3) is 0.222. The number of aromatic nitrogens is 2. The first-order valence-electron chi connectivity index (χ1n) is 7.42. The monoisotopic (exact) mass is 362 g/mol. The third-order valence-corrected chi connectivity index (χ3v) is 3.96. The van der Waals surface area contributed by atoms with Crippen molar-refractivity contribution >= 4 is 40.2 Å². The molecule has 2 aromatic carbocycles. The van der Waals surface area contributed by atoms with Crippen LogP contribution >= 0.6 is 23.2 Å². The highest BCUT2D eigenvalue weighted by Gasteiger charge is 2.27. The highest BCUT2D eigenvalue weighted by molar-refractivity contribution is 6.36. The van der Waals surface area contributed by atoms with Gasteiger partial charge in [-0.3, -0.25) is 4.79 Å². The number of rotatable bonds is 2. The predicted octanol–water partition coefficient (Wildman–Crippen LogP) is 5.49. The number of imidazole rings is 1. The van der Waals surface area contributed by atoms with Crippen LogP contribution in [0.2, 0.25) is 10.0 Å². The van der Waals surface area contributed by atoms with E-state index in [1.807, 2.05) is 24.3 Å². The molecule has 0 fully saturated rings. The van der Waals surface area contributed by atoms with Crippen molar-refractivity contribution in [2.75, 3.05) is 0 Å². The maximum absolute atomic E-state index is 12.3. The average Bonchev–Trinajstić information content (AvgIpc) is 2.92. The molecule has 1 aromatic heterocycles. The lowest BCUT2D eigenvalue weighted by atomic mass is 9.97. The second kappa shape index (κ2) is 6.11. The minimum absolute atomic E-state index is 0.250. The van der Waals surface area contributed by atoms with Crippen molar-refractivity contribution in [3.63, 3.8) is 0 Å². The molecule has 0 saturated carbocycles. The SMILES string of the molecule is CC(C)(C)C(=O)Oc1c(Cl)cc(Cl)cc1-c1nc2ccccc2[nH]1. The molecule has 0 saturated heterocycles. The Morgan fingerprint density at radius 2 is 1.88 bits per heavy atom. The van der Waals surface area contributed by atoms with Gasteiger partial charge in [0.05, 0.1) is 27.0 Å². The lowest BCUT2D eigenvalue weighted by Gasteiger charge is -2.18. The van der Waals surface area contributed by atoms with E-state index in [4.69, 9.17) is 27.9 Å². The first-order chi connectivity index (χ1) is 11.3. The standard InChI is InChI=1S/C18H16Cl2N2O2/c1-18(2,3)17(23)24-15-11(8-10(19)9-12(15)20)16-21-13-6-4-5-7-14(13)22-16/h4-9H,1-3H3,(H,21,22). The molecule has 0 aliphatic rings. The molecule has 0 aliphatic heterocycles. The molecule has 6 heteroatoms. The number of nitrogens with zero attached hydrogens (tertiary/aromatic N) is 1. The van der Waals surface area contributed by atoms with Crippen LogP contribution < -0.4 is 4.74 Å². The van der Waals surface area contributed by atoms with E-state index in [0.29, 0.717) is 16.4 Å². The molecule has 1 N–H and O–H groups in total. The minimum atomic E-state index is -0.659. The normalized spacial score (nSPS) is 11.7. The molecule has 124 valence electrons. The van der Waals surface area contributed by atoms with Crippen molar-refractivity contribution < 1.29 is 9.53 Å². The molecule has 0 bridgehead atoms. The number of benzene rings is 2. The number of esters is 1. The van der Waals surface area contributed by atoms with Crippen LogP contribution in [0.15, 0.2) is 36.4 Å². The van der Waals surface area contributed by atoms with Gasteiger partial charge in [0.15, 0.2) is 5.75 Å². The second-order valence-electron chi connectivity index (χ2n) is 6.51. The predicted molar refractivity (Wildman–Crippen MR) is 96.6 cm³/mol. The molecule has 24 heavy (non-hydrogen) atoms. The fourth-order valence-electron chi connectivity index (χ4n) is 2.17. The number of fused-ring (bicyclic) bond motifs is 1. The maximum atomic E-state index is 12.3. The third kappa shape index (κ3) is 3.25. The average molecular weight is 363 g/mol. The quantitative estimate of drug-likeness (QED) is 0.484. The van der Waals surface area contributed by atoms with Crippen LogP contribution in [0.4, 0.5) is 0 Å². The maximum Gasteiger partial charge on any atom is 0.316 e. The van der Waals surface area contributed by atoms with Gasteiger partial charge in [0.1, 0.15) is 5.82 Å². The molecule has 3 rings (SSSR count). The molecule has 0 unspecified atom stereocenters. The number of aromatic amines is 1. The lowest BCUT2D eigenvalue weighted by Crippen LogP contribution is -2.26. The number of ether oxygens (including phenoxy) is 1. The van der Waals surface area contributed by atoms with E-state index in [1.165, 1.54) is 0 Å². The fourth-order valence-corrected chi connectivity index (χ4v) is 2.70. The molecule has 1 heterocycles. The number of carbonyl (C=O) groups excluding carboxylic acids is 1. The van der Waals surface area contributed by atoms with E-state index >= 15 is 0 Å². The number of para-hydroxylation sites is 2. The first-order valence-corrected chi connectivity index (χ1v) is 8.18. The molecule has 3 aromatic rings. The number of nitrogens with one attached hydrogen (secondary N) is 1. The summed E-state index contributed by atoms with van der Waals surface area (Å²) in [5.41, 5.74) is 1.56. The van der Waals surface area contributed by atoms with Gasteiger partial charge in [-0.25, -0.2) is 4.98 Å². The Labute approximate surface area is 149 Å². The van der Waals surface area contributed by atoms with E-state index in [0.717, 1.165) is 11.0 Å². The summed E-state index contributed by atoms with van der Waals surface area (Å²) in [5, 5.41) is 0.696. The van der Waals surface area contributed by atoms with Crippen molar-refractivity contribution in [3.05, 3.63) is 46.4 Å². The van der Waals surface area contributed by atoms with Crippen molar-refractivity contribution in [2.24, 2.45) is 5.41 Å². The molecular formula is C18H16Cl2N2O2. The summed E-state index contributed by atoms with van der Waals surface area (Å²) in [6.45, 7) is 5.33. The molecule has 0 aliphatic carbocycles. The van der Waals surface area contributed by atoms with Crippen LogP contribution in [0.3, 0.4) is 0 Å². The highest BCUT2D eigenvalue weighted by Crippen LogP contribution is 2.39. The summed E-state index contributed by atoms with van der Waals surface area (Å²) < 4.78 is 5.56. The Morgan fingerprint density at radius 3 is 2.54 bits per heavy atom. The number of H-pyrrole nitrogens is 1. The lowest BCUT2D eigenvalue weighted by molar-refractivity contribution is -0.142. The molecule has 0 radical (unpaired) electrons. The van der Waals surface area contributed by atoms with Gasteiger partial charge in [0.2, 0.25) is 0 Å². The summed E-state index contributed by atoms with van der Waals surface area (Å²) in [5.74, 6) is 0.404. The van der Waals surface area contributed by atoms with Crippen LogP contribution in [0.1, 0.15) is 20.8 Å².